The third-order valence-electron chi connectivity index (χ3n) is 2.66. The molecular formula is C14H11ClN2OS. The molecule has 0 atom stereocenters. The number of benzene rings is 1. The smallest absolute Gasteiger partial charge is 0.232 e. The van der Waals surface area contributed by atoms with Crippen LogP contribution in [0.3, 0.4) is 0 Å². The van der Waals surface area contributed by atoms with Gasteiger partial charge < -0.3 is 4.74 Å². The maximum Gasteiger partial charge on any atom is 0.232 e. The monoisotopic (exact) mass is 290 g/mol. The number of aryl methyl sites for hydroxylation is 2. The molecule has 0 aliphatic heterocycles. The Kier molecular flexibility index (Phi) is 3.12. The Morgan fingerprint density at radius 3 is 2.79 bits per heavy atom. The molecule has 0 saturated carbocycles. The van der Waals surface area contributed by atoms with E-state index in [-0.39, 0.29) is 5.28 Å². The highest BCUT2D eigenvalue weighted by atomic mass is 35.5. The van der Waals surface area contributed by atoms with Gasteiger partial charge in [-0.1, -0.05) is 12.1 Å². The molecule has 96 valence electrons. The van der Waals surface area contributed by atoms with E-state index in [2.05, 4.69) is 9.97 Å². The first-order chi connectivity index (χ1) is 9.11. The molecule has 0 saturated heterocycles. The summed E-state index contributed by atoms with van der Waals surface area (Å²) < 4.78 is 5.84. The average Bonchev–Trinajstić information content (AvgIpc) is 2.69. The molecule has 0 aliphatic carbocycles. The van der Waals surface area contributed by atoms with Crippen molar-refractivity contribution in [1.82, 2.24) is 9.97 Å². The summed E-state index contributed by atoms with van der Waals surface area (Å²) in [4.78, 5) is 10.4. The number of fused-ring (bicyclic) bond motifs is 1. The Balaban J connectivity index is 2.09. The van der Waals surface area contributed by atoms with Gasteiger partial charge in [0.1, 0.15) is 10.6 Å². The number of ether oxygens (including phenoxy) is 1. The van der Waals surface area contributed by atoms with E-state index < -0.39 is 0 Å². The van der Waals surface area contributed by atoms with Crippen LogP contribution in [0.25, 0.3) is 10.2 Å². The van der Waals surface area contributed by atoms with Gasteiger partial charge in [0.15, 0.2) is 0 Å². The molecule has 0 amide bonds. The van der Waals surface area contributed by atoms with Crippen LogP contribution in [0.15, 0.2) is 30.3 Å². The fourth-order valence-corrected chi connectivity index (χ4v) is 2.94. The molecule has 19 heavy (non-hydrogen) atoms. The minimum absolute atomic E-state index is 0.206. The highest BCUT2D eigenvalue weighted by molar-refractivity contribution is 7.18. The first-order valence-corrected chi connectivity index (χ1v) is 6.99. The minimum atomic E-state index is 0.206. The maximum atomic E-state index is 5.94. The molecule has 5 heteroatoms. The molecule has 3 rings (SSSR count). The number of rotatable bonds is 2. The van der Waals surface area contributed by atoms with E-state index in [1.807, 2.05) is 44.2 Å². The molecule has 2 aromatic heterocycles. The summed E-state index contributed by atoms with van der Waals surface area (Å²) >= 11 is 7.51. The van der Waals surface area contributed by atoms with Crippen LogP contribution in [0.2, 0.25) is 5.28 Å². The number of thiophene rings is 1. The molecule has 1 aromatic carbocycles. The van der Waals surface area contributed by atoms with Crippen LogP contribution < -0.4 is 4.74 Å². The van der Waals surface area contributed by atoms with Crippen molar-refractivity contribution in [2.24, 2.45) is 0 Å². The normalized spacial score (nSPS) is 10.9. The van der Waals surface area contributed by atoms with E-state index in [9.17, 15) is 0 Å². The first-order valence-electron chi connectivity index (χ1n) is 5.80. The van der Waals surface area contributed by atoms with E-state index >= 15 is 0 Å². The Labute approximate surface area is 119 Å². The van der Waals surface area contributed by atoms with Crippen LogP contribution in [-0.4, -0.2) is 9.97 Å². The lowest BCUT2D eigenvalue weighted by Crippen LogP contribution is -1.91. The second-order valence-corrected chi connectivity index (χ2v) is 5.87. The highest BCUT2D eigenvalue weighted by Crippen LogP contribution is 2.33. The van der Waals surface area contributed by atoms with Crippen LogP contribution >= 0.6 is 22.9 Å². The van der Waals surface area contributed by atoms with Crippen LogP contribution in [0.1, 0.15) is 10.4 Å². The Morgan fingerprint density at radius 1 is 1.16 bits per heavy atom. The number of hydrogen-bond donors (Lipinski definition) is 0. The molecule has 0 spiro atoms. The number of hydrogen-bond acceptors (Lipinski definition) is 4. The summed E-state index contributed by atoms with van der Waals surface area (Å²) in [5, 5.41) is 1.10. The largest absolute Gasteiger partial charge is 0.438 e. The van der Waals surface area contributed by atoms with Crippen molar-refractivity contribution in [2.75, 3.05) is 0 Å². The van der Waals surface area contributed by atoms with Gasteiger partial charge in [0.2, 0.25) is 11.2 Å². The van der Waals surface area contributed by atoms with Gasteiger partial charge in [0, 0.05) is 4.88 Å². The molecule has 3 nitrogen and oxygen atoms in total. The lowest BCUT2D eigenvalue weighted by Gasteiger charge is -2.06. The van der Waals surface area contributed by atoms with Crippen molar-refractivity contribution in [3.63, 3.8) is 0 Å². The van der Waals surface area contributed by atoms with E-state index in [1.165, 1.54) is 0 Å². The fourth-order valence-electron chi connectivity index (χ4n) is 1.86. The third kappa shape index (κ3) is 2.55. The van der Waals surface area contributed by atoms with Gasteiger partial charge in [-0.2, -0.15) is 4.98 Å². The van der Waals surface area contributed by atoms with Gasteiger partial charge in [0.05, 0.1) is 5.39 Å². The van der Waals surface area contributed by atoms with Crippen LogP contribution in [-0.2, 0) is 0 Å². The zero-order valence-electron chi connectivity index (χ0n) is 10.5. The molecule has 0 fully saturated rings. The quantitative estimate of drug-likeness (QED) is 0.639. The summed E-state index contributed by atoms with van der Waals surface area (Å²) in [5.74, 6) is 1.25. The predicted molar refractivity (Wildman–Crippen MR) is 78.4 cm³/mol. The summed E-state index contributed by atoms with van der Waals surface area (Å²) in [6.45, 7) is 4.04. The van der Waals surface area contributed by atoms with Crippen molar-refractivity contribution in [2.45, 2.75) is 13.8 Å². The van der Waals surface area contributed by atoms with Crippen molar-refractivity contribution in [3.05, 3.63) is 46.1 Å². The van der Waals surface area contributed by atoms with Crippen molar-refractivity contribution >= 4 is 33.2 Å². The summed E-state index contributed by atoms with van der Waals surface area (Å²) in [7, 11) is 0. The molecule has 0 aliphatic rings. The van der Waals surface area contributed by atoms with Gasteiger partial charge in [-0.05, 0) is 49.2 Å². The van der Waals surface area contributed by atoms with Crippen LogP contribution in [0.4, 0.5) is 0 Å². The molecule has 2 heterocycles. The summed E-state index contributed by atoms with van der Waals surface area (Å²) in [6, 6.07) is 9.84. The SMILES string of the molecule is Cc1cccc(Oc2nc(Cl)nc3sc(C)cc23)c1. The van der Waals surface area contributed by atoms with E-state index in [1.54, 1.807) is 11.3 Å². The lowest BCUT2D eigenvalue weighted by molar-refractivity contribution is 0.468. The first kappa shape index (κ1) is 12.4. The number of halogens is 1. The zero-order valence-corrected chi connectivity index (χ0v) is 12.0. The van der Waals surface area contributed by atoms with Gasteiger partial charge >= 0.3 is 0 Å². The van der Waals surface area contributed by atoms with Gasteiger partial charge in [-0.3, -0.25) is 0 Å². The van der Waals surface area contributed by atoms with Crippen LogP contribution in [0.5, 0.6) is 11.6 Å². The van der Waals surface area contributed by atoms with Gasteiger partial charge in [0.25, 0.3) is 0 Å². The molecule has 0 bridgehead atoms. The van der Waals surface area contributed by atoms with Gasteiger partial charge in [-0.25, -0.2) is 4.98 Å². The Bertz CT molecular complexity index is 754. The highest BCUT2D eigenvalue weighted by Gasteiger charge is 2.11. The van der Waals surface area contributed by atoms with E-state index in [0.717, 1.165) is 26.4 Å². The molecule has 0 N–H and O–H groups in total. The Hall–Kier alpha value is -1.65. The van der Waals surface area contributed by atoms with E-state index in [0.29, 0.717) is 5.88 Å². The standard InChI is InChI=1S/C14H11ClN2OS/c1-8-4-3-5-10(6-8)18-12-11-7-9(2)19-13(11)17-14(15)16-12/h3-7H,1-2H3. The average molecular weight is 291 g/mol. The maximum absolute atomic E-state index is 5.94. The zero-order chi connectivity index (χ0) is 13.4. The topological polar surface area (TPSA) is 35.0 Å². The van der Waals surface area contributed by atoms with Gasteiger partial charge in [-0.15, -0.1) is 11.3 Å². The van der Waals surface area contributed by atoms with Crippen LogP contribution in [0, 0.1) is 13.8 Å². The minimum Gasteiger partial charge on any atom is -0.438 e. The molecular weight excluding hydrogens is 280 g/mol. The summed E-state index contributed by atoms with van der Waals surface area (Å²) in [6.07, 6.45) is 0. The third-order valence-corrected chi connectivity index (χ3v) is 3.77. The molecule has 0 radical (unpaired) electrons. The number of aromatic nitrogens is 2. The lowest BCUT2D eigenvalue weighted by atomic mass is 10.2. The summed E-state index contributed by atoms with van der Waals surface area (Å²) in [5.41, 5.74) is 1.13. The number of nitrogens with zero attached hydrogens (tertiary/aromatic N) is 2. The second-order valence-electron chi connectivity index (χ2n) is 4.29. The Morgan fingerprint density at radius 2 is 2.00 bits per heavy atom. The predicted octanol–water partition coefficient (Wildman–Crippen LogP) is 4.75. The molecule has 3 aromatic rings. The second kappa shape index (κ2) is 4.79. The van der Waals surface area contributed by atoms with Crippen molar-refractivity contribution in [3.8, 4) is 11.6 Å². The molecule has 0 unspecified atom stereocenters. The van der Waals surface area contributed by atoms with Crippen molar-refractivity contribution < 1.29 is 4.74 Å². The van der Waals surface area contributed by atoms with E-state index in [4.69, 9.17) is 16.3 Å². The fraction of sp³-hybridized carbons (Fsp3) is 0.143. The van der Waals surface area contributed by atoms with Crippen molar-refractivity contribution in [1.29, 1.82) is 0 Å².